The molecule has 1 unspecified atom stereocenters. The van der Waals surface area contributed by atoms with Crippen molar-refractivity contribution < 1.29 is 13.2 Å². The van der Waals surface area contributed by atoms with Crippen LogP contribution in [0.3, 0.4) is 0 Å². The molecule has 0 aromatic heterocycles. The molecule has 1 aromatic rings. The number of carbonyl (C=O) groups is 1. The number of rotatable bonds is 4. The van der Waals surface area contributed by atoms with Crippen molar-refractivity contribution in [2.24, 2.45) is 0 Å². The van der Waals surface area contributed by atoms with Crippen LogP contribution >= 0.6 is 23.2 Å². The van der Waals surface area contributed by atoms with Crippen molar-refractivity contribution in [3.8, 4) is 0 Å². The summed E-state index contributed by atoms with van der Waals surface area (Å²) in [5.41, 5.74) is 6.05. The van der Waals surface area contributed by atoms with Crippen molar-refractivity contribution in [1.82, 2.24) is 0 Å². The van der Waals surface area contributed by atoms with Crippen molar-refractivity contribution in [1.29, 1.82) is 0 Å². The van der Waals surface area contributed by atoms with Crippen LogP contribution in [0.5, 0.6) is 0 Å². The molecule has 112 valence electrons. The maximum Gasteiger partial charge on any atom is 0.242 e. The monoisotopic (exact) mass is 338 g/mol. The molecule has 8 heteroatoms. The van der Waals surface area contributed by atoms with E-state index in [1.54, 1.807) is 0 Å². The first-order valence-corrected chi connectivity index (χ1v) is 8.22. The van der Waals surface area contributed by atoms with E-state index in [4.69, 9.17) is 28.9 Å². The van der Waals surface area contributed by atoms with Crippen LogP contribution in [0.25, 0.3) is 0 Å². The van der Waals surface area contributed by atoms with Gasteiger partial charge in [-0.15, -0.1) is 0 Å². The summed E-state index contributed by atoms with van der Waals surface area (Å²) in [4.78, 5) is 12.0. The van der Waals surface area contributed by atoms with Gasteiger partial charge in [0.2, 0.25) is 5.91 Å². The molecule has 0 saturated carbocycles. The molecule has 5 nitrogen and oxygen atoms in total. The number of nitrogens with two attached hydrogens (primary N) is 1. The lowest BCUT2D eigenvalue weighted by molar-refractivity contribution is -0.115. The van der Waals surface area contributed by atoms with Gasteiger partial charge in [-0.25, -0.2) is 8.42 Å². The molecular weight excluding hydrogens is 323 g/mol. The van der Waals surface area contributed by atoms with Gasteiger partial charge >= 0.3 is 0 Å². The Morgan fingerprint density at radius 3 is 2.05 bits per heavy atom. The molecule has 1 rings (SSSR count). The molecule has 0 bridgehead atoms. The summed E-state index contributed by atoms with van der Waals surface area (Å²) < 4.78 is 23.9. The predicted molar refractivity (Wildman–Crippen MR) is 83.0 cm³/mol. The first-order chi connectivity index (χ1) is 9.07. The zero-order chi connectivity index (χ0) is 15.7. The SMILES string of the molecule is CC(C)S(=O)(=O)C(C)C(=O)Nc1c(Cl)cc(N)cc1Cl. The van der Waals surface area contributed by atoms with Crippen molar-refractivity contribution in [2.75, 3.05) is 11.1 Å². The maximum atomic E-state index is 12.0. The lowest BCUT2D eigenvalue weighted by atomic mass is 10.2. The first-order valence-electron chi connectivity index (χ1n) is 5.85. The van der Waals surface area contributed by atoms with Crippen LogP contribution < -0.4 is 11.1 Å². The molecule has 0 heterocycles. The highest BCUT2D eigenvalue weighted by Crippen LogP contribution is 2.33. The lowest BCUT2D eigenvalue weighted by Gasteiger charge is -2.17. The molecule has 0 radical (unpaired) electrons. The van der Waals surface area contributed by atoms with E-state index in [1.807, 2.05) is 0 Å². The molecule has 0 aliphatic heterocycles. The Bertz CT molecular complexity index is 607. The highest BCUT2D eigenvalue weighted by Gasteiger charge is 2.31. The Morgan fingerprint density at radius 2 is 1.65 bits per heavy atom. The summed E-state index contributed by atoms with van der Waals surface area (Å²) in [7, 11) is -3.55. The largest absolute Gasteiger partial charge is 0.399 e. The zero-order valence-electron chi connectivity index (χ0n) is 11.3. The third-order valence-electron chi connectivity index (χ3n) is 2.83. The number of carbonyl (C=O) groups excluding carboxylic acids is 1. The van der Waals surface area contributed by atoms with E-state index >= 15 is 0 Å². The minimum Gasteiger partial charge on any atom is -0.399 e. The number of hydrogen-bond acceptors (Lipinski definition) is 4. The number of nitrogens with one attached hydrogen (secondary N) is 1. The van der Waals surface area contributed by atoms with Gasteiger partial charge in [0.1, 0.15) is 5.25 Å². The van der Waals surface area contributed by atoms with Gasteiger partial charge in [-0.1, -0.05) is 23.2 Å². The molecule has 1 amide bonds. The van der Waals surface area contributed by atoms with Gasteiger partial charge in [-0.2, -0.15) is 0 Å². The number of benzene rings is 1. The maximum absolute atomic E-state index is 12.0. The number of nitrogen functional groups attached to an aromatic ring is 1. The van der Waals surface area contributed by atoms with Gasteiger partial charge < -0.3 is 11.1 Å². The number of amides is 1. The van der Waals surface area contributed by atoms with Crippen LogP contribution in [0, 0.1) is 0 Å². The van der Waals surface area contributed by atoms with Crippen LogP contribution in [0.15, 0.2) is 12.1 Å². The third kappa shape index (κ3) is 3.56. The minimum absolute atomic E-state index is 0.150. The van der Waals surface area contributed by atoms with Crippen molar-refractivity contribution in [3.63, 3.8) is 0 Å². The second-order valence-electron chi connectivity index (χ2n) is 4.63. The number of anilines is 2. The van der Waals surface area contributed by atoms with Gasteiger partial charge in [0.15, 0.2) is 9.84 Å². The van der Waals surface area contributed by atoms with E-state index in [9.17, 15) is 13.2 Å². The first kappa shape index (κ1) is 17.1. The topological polar surface area (TPSA) is 89.3 Å². The Kier molecular flexibility index (Phi) is 5.29. The fourth-order valence-electron chi connectivity index (χ4n) is 1.49. The fraction of sp³-hybridized carbons (Fsp3) is 0.417. The van der Waals surface area contributed by atoms with Gasteiger partial charge in [0, 0.05) is 5.69 Å². The van der Waals surface area contributed by atoms with Crippen LogP contribution in [-0.2, 0) is 14.6 Å². The molecular formula is C12H16Cl2N2O3S. The molecule has 1 aromatic carbocycles. The second-order valence-corrected chi connectivity index (χ2v) is 8.27. The molecule has 0 aliphatic carbocycles. The fourth-order valence-corrected chi connectivity index (χ4v) is 3.27. The normalized spacial score (nSPS) is 13.3. The number of sulfone groups is 1. The van der Waals surface area contributed by atoms with E-state index in [1.165, 1.54) is 32.9 Å². The quantitative estimate of drug-likeness (QED) is 0.826. The van der Waals surface area contributed by atoms with Crippen molar-refractivity contribution in [3.05, 3.63) is 22.2 Å². The van der Waals surface area contributed by atoms with E-state index < -0.39 is 26.2 Å². The Hall–Kier alpha value is -0.980. The van der Waals surface area contributed by atoms with E-state index in [0.717, 1.165) is 0 Å². The third-order valence-corrected chi connectivity index (χ3v) is 5.94. The molecule has 3 N–H and O–H groups in total. The zero-order valence-corrected chi connectivity index (χ0v) is 13.6. The number of hydrogen-bond donors (Lipinski definition) is 2. The van der Waals surface area contributed by atoms with Crippen LogP contribution in [0.2, 0.25) is 10.0 Å². The Balaban J connectivity index is 3.04. The van der Waals surface area contributed by atoms with Gasteiger partial charge in [-0.3, -0.25) is 4.79 Å². The Morgan fingerprint density at radius 1 is 1.20 bits per heavy atom. The lowest BCUT2D eigenvalue weighted by Crippen LogP contribution is -2.36. The van der Waals surface area contributed by atoms with Gasteiger partial charge in [-0.05, 0) is 32.9 Å². The molecule has 0 fully saturated rings. The van der Waals surface area contributed by atoms with Crippen LogP contribution in [0.1, 0.15) is 20.8 Å². The summed E-state index contributed by atoms with van der Waals surface area (Å²) >= 11 is 11.9. The summed E-state index contributed by atoms with van der Waals surface area (Å²) in [6.45, 7) is 4.36. The van der Waals surface area contributed by atoms with E-state index in [0.29, 0.717) is 5.69 Å². The van der Waals surface area contributed by atoms with Crippen LogP contribution in [-0.4, -0.2) is 24.8 Å². The highest BCUT2D eigenvalue weighted by molar-refractivity contribution is 7.93. The van der Waals surface area contributed by atoms with E-state index in [-0.39, 0.29) is 15.7 Å². The Labute approximate surface area is 128 Å². The predicted octanol–water partition coefficient (Wildman–Crippen LogP) is 2.73. The van der Waals surface area contributed by atoms with Crippen molar-refractivity contribution >= 4 is 50.3 Å². The molecule has 0 saturated heterocycles. The molecule has 20 heavy (non-hydrogen) atoms. The highest BCUT2D eigenvalue weighted by atomic mass is 35.5. The van der Waals surface area contributed by atoms with Gasteiger partial charge in [0.25, 0.3) is 0 Å². The molecule has 0 spiro atoms. The second kappa shape index (κ2) is 6.20. The van der Waals surface area contributed by atoms with E-state index in [2.05, 4.69) is 5.32 Å². The number of halogens is 2. The van der Waals surface area contributed by atoms with Crippen molar-refractivity contribution in [2.45, 2.75) is 31.3 Å². The minimum atomic E-state index is -3.55. The summed E-state index contributed by atoms with van der Waals surface area (Å²) in [5.74, 6) is -0.688. The average Bonchev–Trinajstić information content (AvgIpc) is 2.32. The summed E-state index contributed by atoms with van der Waals surface area (Å²) in [6.07, 6.45) is 0. The standard InChI is InChI=1S/C12H16Cl2N2O3S/c1-6(2)20(18,19)7(3)12(17)16-11-9(13)4-8(15)5-10(11)14/h4-7H,15H2,1-3H3,(H,16,17). The molecule has 0 aliphatic rings. The summed E-state index contributed by atoms with van der Waals surface area (Å²) in [5, 5.41) is 0.876. The average molecular weight is 339 g/mol. The van der Waals surface area contributed by atoms with Gasteiger partial charge in [0.05, 0.1) is 21.0 Å². The van der Waals surface area contributed by atoms with Crippen LogP contribution in [0.4, 0.5) is 11.4 Å². The summed E-state index contributed by atoms with van der Waals surface area (Å²) in [6, 6.07) is 2.84. The molecule has 1 atom stereocenters. The smallest absolute Gasteiger partial charge is 0.242 e.